The third-order valence-electron chi connectivity index (χ3n) is 4.98. The Morgan fingerprint density at radius 3 is 2.79 bits per heavy atom. The van der Waals surface area contributed by atoms with Gasteiger partial charge in [-0.25, -0.2) is 9.97 Å². The molecule has 1 atom stereocenters. The van der Waals surface area contributed by atoms with Crippen LogP contribution in [-0.4, -0.2) is 49.0 Å². The monoisotopic (exact) mass is 406 g/mol. The van der Waals surface area contributed by atoms with E-state index >= 15 is 0 Å². The molecule has 0 aromatic carbocycles. The van der Waals surface area contributed by atoms with E-state index in [0.717, 1.165) is 6.07 Å². The molecule has 3 aromatic heterocycles. The Hall–Kier alpha value is -3.24. The van der Waals surface area contributed by atoms with Gasteiger partial charge >= 0.3 is 6.18 Å². The Bertz CT molecular complexity index is 1120. The predicted molar refractivity (Wildman–Crippen MR) is 96.4 cm³/mol. The molecular weight excluding hydrogens is 389 g/mol. The Labute approximate surface area is 162 Å². The normalized spacial score (nSPS) is 17.7. The lowest BCUT2D eigenvalue weighted by atomic mass is 9.92. The third kappa shape index (κ3) is 3.59. The predicted octanol–water partition coefficient (Wildman–Crippen LogP) is 2.39. The zero-order valence-corrected chi connectivity index (χ0v) is 15.4. The average molecular weight is 406 g/mol. The van der Waals surface area contributed by atoms with E-state index in [1.165, 1.54) is 13.1 Å². The number of alkyl halides is 3. The van der Waals surface area contributed by atoms with Gasteiger partial charge in [-0.15, -0.1) is 0 Å². The first-order valence-electron chi connectivity index (χ1n) is 9.01. The molecular formula is C18H17F3N6O2. The molecule has 8 nitrogen and oxygen atoms in total. The van der Waals surface area contributed by atoms with Crippen LogP contribution in [-0.2, 0) is 6.18 Å². The van der Waals surface area contributed by atoms with Crippen LogP contribution in [0.25, 0.3) is 11.0 Å². The van der Waals surface area contributed by atoms with Gasteiger partial charge in [0, 0.05) is 30.9 Å². The molecule has 0 saturated carbocycles. The van der Waals surface area contributed by atoms with Gasteiger partial charge in [0.1, 0.15) is 11.5 Å². The van der Waals surface area contributed by atoms with Crippen LogP contribution in [0.3, 0.4) is 0 Å². The molecule has 2 N–H and O–H groups in total. The second-order valence-corrected chi connectivity index (χ2v) is 7.00. The van der Waals surface area contributed by atoms with E-state index in [9.17, 15) is 22.8 Å². The summed E-state index contributed by atoms with van der Waals surface area (Å²) in [7, 11) is 0. The van der Waals surface area contributed by atoms with E-state index in [1.807, 2.05) is 0 Å². The van der Waals surface area contributed by atoms with Crippen molar-refractivity contribution in [3.05, 3.63) is 51.5 Å². The van der Waals surface area contributed by atoms with E-state index in [-0.39, 0.29) is 29.6 Å². The Balaban J connectivity index is 1.75. The highest BCUT2D eigenvalue weighted by Gasteiger charge is 2.36. The van der Waals surface area contributed by atoms with Gasteiger partial charge in [0.2, 0.25) is 0 Å². The van der Waals surface area contributed by atoms with Crippen molar-refractivity contribution in [3.8, 4) is 0 Å². The van der Waals surface area contributed by atoms with Gasteiger partial charge in [0.05, 0.1) is 10.9 Å². The lowest BCUT2D eigenvalue weighted by Crippen LogP contribution is -2.39. The fraction of sp³-hybridized carbons (Fsp3) is 0.389. The number of rotatable bonds is 2. The zero-order valence-electron chi connectivity index (χ0n) is 15.4. The number of nitrogens with one attached hydrogen (secondary N) is 2. The van der Waals surface area contributed by atoms with Crippen LogP contribution >= 0.6 is 0 Å². The molecule has 1 aliphatic rings. The summed E-state index contributed by atoms with van der Waals surface area (Å²) in [6.45, 7) is 2.19. The summed E-state index contributed by atoms with van der Waals surface area (Å²) < 4.78 is 41.0. The van der Waals surface area contributed by atoms with Crippen LogP contribution in [0.15, 0.2) is 23.1 Å². The van der Waals surface area contributed by atoms with Crippen molar-refractivity contribution in [2.45, 2.75) is 31.9 Å². The van der Waals surface area contributed by atoms with E-state index in [0.29, 0.717) is 25.1 Å². The molecule has 29 heavy (non-hydrogen) atoms. The first-order valence-corrected chi connectivity index (χ1v) is 9.01. The number of carbonyl (C=O) groups is 1. The molecule has 3 aromatic rings. The average Bonchev–Trinajstić information content (AvgIpc) is 3.20. The SMILES string of the molecule is Cc1nc2nc([C@@H]3CCCN(C(=O)c4ccn[nH]4)C3)cc(C(F)(F)F)c2c(=O)[nH]1. The van der Waals surface area contributed by atoms with Crippen molar-refractivity contribution in [2.24, 2.45) is 0 Å². The number of carbonyl (C=O) groups excluding carboxylic acids is 1. The maximum atomic E-state index is 13.7. The summed E-state index contributed by atoms with van der Waals surface area (Å²) in [5.41, 5.74) is -1.70. The number of piperidine rings is 1. The largest absolute Gasteiger partial charge is 0.417 e. The number of hydrogen-bond acceptors (Lipinski definition) is 5. The van der Waals surface area contributed by atoms with Crippen LogP contribution in [0.1, 0.15) is 46.3 Å². The lowest BCUT2D eigenvalue weighted by molar-refractivity contribution is -0.136. The number of aromatic amines is 2. The van der Waals surface area contributed by atoms with Gasteiger partial charge in [0.15, 0.2) is 5.65 Å². The minimum absolute atomic E-state index is 0.171. The van der Waals surface area contributed by atoms with E-state index in [2.05, 4.69) is 25.1 Å². The van der Waals surface area contributed by atoms with Gasteiger partial charge in [-0.1, -0.05) is 0 Å². The molecule has 0 unspecified atom stereocenters. The van der Waals surface area contributed by atoms with Crippen molar-refractivity contribution in [1.29, 1.82) is 0 Å². The van der Waals surface area contributed by atoms with Crippen molar-refractivity contribution >= 4 is 16.9 Å². The first-order chi connectivity index (χ1) is 13.7. The number of halogens is 3. The maximum absolute atomic E-state index is 13.7. The molecule has 0 radical (unpaired) electrons. The number of aryl methyl sites for hydroxylation is 1. The molecule has 4 heterocycles. The van der Waals surface area contributed by atoms with Crippen molar-refractivity contribution < 1.29 is 18.0 Å². The number of H-pyrrole nitrogens is 2. The lowest BCUT2D eigenvalue weighted by Gasteiger charge is -2.32. The summed E-state index contributed by atoms with van der Waals surface area (Å²) in [5.74, 6) is -0.489. The fourth-order valence-electron chi connectivity index (χ4n) is 3.65. The molecule has 0 spiro atoms. The Morgan fingerprint density at radius 2 is 2.10 bits per heavy atom. The quantitative estimate of drug-likeness (QED) is 0.680. The molecule has 4 rings (SSSR count). The summed E-state index contributed by atoms with van der Waals surface area (Å²) in [6.07, 6.45) is -2.08. The third-order valence-corrected chi connectivity index (χ3v) is 4.98. The highest BCUT2D eigenvalue weighted by molar-refractivity contribution is 5.92. The maximum Gasteiger partial charge on any atom is 0.417 e. The molecule has 11 heteroatoms. The van der Waals surface area contributed by atoms with E-state index in [4.69, 9.17) is 0 Å². The van der Waals surface area contributed by atoms with Gasteiger partial charge in [0.25, 0.3) is 11.5 Å². The number of aromatic nitrogens is 5. The molecule has 0 aliphatic carbocycles. The van der Waals surface area contributed by atoms with Crippen LogP contribution in [0.4, 0.5) is 13.2 Å². The summed E-state index contributed by atoms with van der Waals surface area (Å²) in [6, 6.07) is 2.45. The fourth-order valence-corrected chi connectivity index (χ4v) is 3.65. The van der Waals surface area contributed by atoms with E-state index in [1.54, 1.807) is 11.0 Å². The van der Waals surface area contributed by atoms with Crippen LogP contribution in [0.2, 0.25) is 0 Å². The number of hydrogen-bond donors (Lipinski definition) is 2. The number of nitrogens with zero attached hydrogens (tertiary/aromatic N) is 4. The zero-order chi connectivity index (χ0) is 20.8. The smallest absolute Gasteiger partial charge is 0.337 e. The van der Waals surface area contributed by atoms with E-state index < -0.39 is 28.6 Å². The van der Waals surface area contributed by atoms with Crippen molar-refractivity contribution in [1.82, 2.24) is 30.0 Å². The highest BCUT2D eigenvalue weighted by atomic mass is 19.4. The molecule has 1 aliphatic heterocycles. The van der Waals surface area contributed by atoms with Gasteiger partial charge in [-0.05, 0) is 31.9 Å². The Kier molecular flexibility index (Phi) is 4.59. The molecule has 0 bridgehead atoms. The first kappa shape index (κ1) is 19.1. The molecule has 1 saturated heterocycles. The number of pyridine rings is 1. The summed E-state index contributed by atoms with van der Waals surface area (Å²) in [4.78, 5) is 36.8. The Morgan fingerprint density at radius 1 is 1.31 bits per heavy atom. The highest BCUT2D eigenvalue weighted by Crippen LogP contribution is 2.36. The molecule has 152 valence electrons. The van der Waals surface area contributed by atoms with Gasteiger partial charge in [-0.3, -0.25) is 14.7 Å². The summed E-state index contributed by atoms with van der Waals surface area (Å²) in [5, 5.41) is 5.78. The number of fused-ring (bicyclic) bond motifs is 1. The van der Waals surface area contributed by atoms with Crippen LogP contribution in [0, 0.1) is 6.92 Å². The minimum Gasteiger partial charge on any atom is -0.337 e. The number of likely N-dealkylation sites (tertiary alicyclic amines) is 1. The summed E-state index contributed by atoms with van der Waals surface area (Å²) >= 11 is 0. The second-order valence-electron chi connectivity index (χ2n) is 7.00. The minimum atomic E-state index is -4.74. The topological polar surface area (TPSA) is 108 Å². The van der Waals surface area contributed by atoms with Crippen molar-refractivity contribution in [2.75, 3.05) is 13.1 Å². The second kappa shape index (κ2) is 6.98. The standard InChI is InChI=1S/C18H17F3N6O2/c1-9-23-15-14(16(28)24-9)11(18(19,20)21)7-13(25-15)10-3-2-6-27(8-10)17(29)12-4-5-22-26-12/h4-5,7,10H,2-3,6,8H2,1H3,(H,22,26)(H,23,24,25,28)/t10-/m1/s1. The van der Waals surface area contributed by atoms with Gasteiger partial charge < -0.3 is 9.88 Å². The van der Waals surface area contributed by atoms with Crippen molar-refractivity contribution in [3.63, 3.8) is 0 Å². The molecule has 1 fully saturated rings. The molecule has 1 amide bonds. The number of amides is 1. The van der Waals surface area contributed by atoms with Crippen LogP contribution in [0.5, 0.6) is 0 Å². The van der Waals surface area contributed by atoms with Crippen LogP contribution < -0.4 is 5.56 Å². The van der Waals surface area contributed by atoms with Gasteiger partial charge in [-0.2, -0.15) is 18.3 Å².